The van der Waals surface area contributed by atoms with Crippen LogP contribution < -0.4 is 11.1 Å². The first-order valence-corrected chi connectivity index (χ1v) is 6.53. The van der Waals surface area contributed by atoms with Gasteiger partial charge in [-0.05, 0) is 18.2 Å². The number of imidazole rings is 1. The van der Waals surface area contributed by atoms with Gasteiger partial charge in [0.2, 0.25) is 5.95 Å². The number of halogens is 2. The fraction of sp³-hybridized carbons (Fsp3) is 0. The van der Waals surface area contributed by atoms with E-state index in [4.69, 9.17) is 28.9 Å². The average molecular weight is 323 g/mol. The molecule has 3 rings (SSSR count). The molecule has 0 atom stereocenters. The molecule has 0 spiro atoms. The number of benzene rings is 1. The molecule has 3 aromatic rings. The molecule has 7 nitrogen and oxygen atoms in total. The molecule has 0 aliphatic carbocycles. The third kappa shape index (κ3) is 2.61. The molecule has 1 aromatic carbocycles. The Kier molecular flexibility index (Phi) is 3.36. The summed E-state index contributed by atoms with van der Waals surface area (Å²) in [6, 6.07) is 4.60. The number of aromatic nitrogens is 4. The average Bonchev–Trinajstić information content (AvgIpc) is 2.90. The molecule has 2 aromatic heterocycles. The van der Waals surface area contributed by atoms with Crippen LogP contribution in [0.1, 0.15) is 10.4 Å². The predicted molar refractivity (Wildman–Crippen MR) is 80.5 cm³/mol. The summed E-state index contributed by atoms with van der Waals surface area (Å²) in [5.74, 6) is -0.454. The summed E-state index contributed by atoms with van der Waals surface area (Å²) in [6.45, 7) is 0. The molecule has 21 heavy (non-hydrogen) atoms. The van der Waals surface area contributed by atoms with Crippen LogP contribution in [0.3, 0.4) is 0 Å². The molecule has 0 saturated carbocycles. The Morgan fingerprint density at radius 3 is 2.90 bits per heavy atom. The lowest BCUT2D eigenvalue weighted by atomic mass is 10.1. The Bertz CT molecular complexity index is 847. The van der Waals surface area contributed by atoms with Crippen LogP contribution in [0.5, 0.6) is 0 Å². The quantitative estimate of drug-likeness (QED) is 0.496. The lowest BCUT2D eigenvalue weighted by molar-refractivity contribution is 0.102. The molecule has 0 radical (unpaired) electrons. The standard InChI is InChI=1S/C12H8Cl2N6O/c13-5-1-2-7(15)6(3-5)11(21)20-12-18-9(14)8-10(19-12)17-4-16-8/h1-4H,15H2,(H2,16,17,18,19,20,21). The number of hydrogen-bond acceptors (Lipinski definition) is 5. The van der Waals surface area contributed by atoms with Crippen molar-refractivity contribution in [2.24, 2.45) is 0 Å². The van der Waals surface area contributed by atoms with Crippen LogP contribution in [-0.2, 0) is 0 Å². The molecule has 4 N–H and O–H groups in total. The largest absolute Gasteiger partial charge is 0.398 e. The maximum absolute atomic E-state index is 12.2. The number of carbonyl (C=O) groups is 1. The van der Waals surface area contributed by atoms with Crippen LogP contribution in [-0.4, -0.2) is 25.8 Å². The van der Waals surface area contributed by atoms with E-state index in [1.165, 1.54) is 12.4 Å². The number of amides is 1. The molecule has 1 amide bonds. The fourth-order valence-electron chi connectivity index (χ4n) is 1.75. The lowest BCUT2D eigenvalue weighted by Gasteiger charge is -2.07. The Balaban J connectivity index is 1.94. The Morgan fingerprint density at radius 1 is 1.29 bits per heavy atom. The second-order valence-corrected chi connectivity index (χ2v) is 4.92. The minimum Gasteiger partial charge on any atom is -0.398 e. The molecule has 2 heterocycles. The highest BCUT2D eigenvalue weighted by atomic mass is 35.5. The number of H-pyrrole nitrogens is 1. The van der Waals surface area contributed by atoms with Gasteiger partial charge < -0.3 is 10.7 Å². The van der Waals surface area contributed by atoms with Crippen LogP contribution in [0.4, 0.5) is 11.6 Å². The van der Waals surface area contributed by atoms with Crippen molar-refractivity contribution in [1.82, 2.24) is 19.9 Å². The van der Waals surface area contributed by atoms with Crippen molar-refractivity contribution < 1.29 is 4.79 Å². The molecule has 0 aliphatic heterocycles. The lowest BCUT2D eigenvalue weighted by Crippen LogP contribution is -2.16. The van der Waals surface area contributed by atoms with Crippen molar-refractivity contribution in [2.45, 2.75) is 0 Å². The molecule has 0 bridgehead atoms. The third-order valence-corrected chi connectivity index (χ3v) is 3.24. The molecule has 9 heteroatoms. The second-order valence-electron chi connectivity index (χ2n) is 4.12. The maximum atomic E-state index is 12.2. The number of anilines is 2. The summed E-state index contributed by atoms with van der Waals surface area (Å²) in [6.07, 6.45) is 1.44. The van der Waals surface area contributed by atoms with E-state index in [1.807, 2.05) is 0 Å². The SMILES string of the molecule is Nc1ccc(Cl)cc1C(=O)Nc1nc(Cl)c2[nH]cnc2n1. The van der Waals surface area contributed by atoms with Crippen molar-refractivity contribution in [3.63, 3.8) is 0 Å². The summed E-state index contributed by atoms with van der Waals surface area (Å²) in [5, 5.41) is 3.07. The molecule has 106 valence electrons. The number of nitrogens with zero attached hydrogens (tertiary/aromatic N) is 3. The van der Waals surface area contributed by atoms with Gasteiger partial charge >= 0.3 is 0 Å². The van der Waals surface area contributed by atoms with Crippen LogP contribution >= 0.6 is 23.2 Å². The van der Waals surface area contributed by atoms with Crippen molar-refractivity contribution in [3.8, 4) is 0 Å². The topological polar surface area (TPSA) is 110 Å². The number of fused-ring (bicyclic) bond motifs is 1. The van der Waals surface area contributed by atoms with Gasteiger partial charge in [0.15, 0.2) is 10.8 Å². The first-order chi connectivity index (χ1) is 10.0. The van der Waals surface area contributed by atoms with E-state index in [9.17, 15) is 4.79 Å². The van der Waals surface area contributed by atoms with E-state index in [0.29, 0.717) is 21.9 Å². The number of rotatable bonds is 2. The van der Waals surface area contributed by atoms with Crippen LogP contribution in [0.2, 0.25) is 10.2 Å². The molecule has 0 fully saturated rings. The summed E-state index contributed by atoms with van der Waals surface area (Å²) < 4.78 is 0. The van der Waals surface area contributed by atoms with E-state index in [1.54, 1.807) is 12.1 Å². The first kappa shape index (κ1) is 13.6. The van der Waals surface area contributed by atoms with Crippen molar-refractivity contribution >= 4 is 51.9 Å². The number of nitrogen functional groups attached to an aromatic ring is 1. The highest BCUT2D eigenvalue weighted by molar-refractivity contribution is 6.33. The van der Waals surface area contributed by atoms with Crippen LogP contribution in [0.15, 0.2) is 24.5 Å². The van der Waals surface area contributed by atoms with Gasteiger partial charge in [-0.2, -0.15) is 9.97 Å². The van der Waals surface area contributed by atoms with Crippen LogP contribution in [0, 0.1) is 0 Å². The monoisotopic (exact) mass is 322 g/mol. The maximum Gasteiger partial charge on any atom is 0.260 e. The number of carbonyl (C=O) groups excluding carboxylic acids is 1. The Labute approximate surface area is 128 Å². The van der Waals surface area contributed by atoms with Gasteiger partial charge in [0.25, 0.3) is 5.91 Å². The predicted octanol–water partition coefficient (Wildman–Crippen LogP) is 2.49. The van der Waals surface area contributed by atoms with Gasteiger partial charge in [-0.3, -0.25) is 10.1 Å². The molecule has 0 saturated heterocycles. The normalized spacial score (nSPS) is 10.8. The highest BCUT2D eigenvalue weighted by Crippen LogP contribution is 2.21. The molecule has 0 unspecified atom stereocenters. The summed E-state index contributed by atoms with van der Waals surface area (Å²) >= 11 is 11.8. The number of aromatic amines is 1. The highest BCUT2D eigenvalue weighted by Gasteiger charge is 2.14. The van der Waals surface area contributed by atoms with E-state index in [-0.39, 0.29) is 16.7 Å². The zero-order chi connectivity index (χ0) is 15.0. The molecular formula is C12H8Cl2N6O. The molecular weight excluding hydrogens is 315 g/mol. The molecule has 0 aliphatic rings. The number of hydrogen-bond donors (Lipinski definition) is 3. The van der Waals surface area contributed by atoms with Gasteiger partial charge in [0.05, 0.1) is 11.9 Å². The zero-order valence-electron chi connectivity index (χ0n) is 10.4. The van der Waals surface area contributed by atoms with Crippen molar-refractivity contribution in [1.29, 1.82) is 0 Å². The van der Waals surface area contributed by atoms with E-state index in [2.05, 4.69) is 25.3 Å². The van der Waals surface area contributed by atoms with Gasteiger partial charge in [0.1, 0.15) is 5.52 Å². The van der Waals surface area contributed by atoms with Crippen molar-refractivity contribution in [2.75, 3.05) is 11.1 Å². The van der Waals surface area contributed by atoms with Crippen molar-refractivity contribution in [3.05, 3.63) is 40.3 Å². The summed E-state index contributed by atoms with van der Waals surface area (Å²) in [5.41, 5.74) is 7.11. The first-order valence-electron chi connectivity index (χ1n) is 5.77. The van der Waals surface area contributed by atoms with Crippen LogP contribution in [0.25, 0.3) is 11.2 Å². The minimum absolute atomic E-state index is 0.0315. The van der Waals surface area contributed by atoms with E-state index in [0.717, 1.165) is 0 Å². The summed E-state index contributed by atoms with van der Waals surface area (Å²) in [4.78, 5) is 27.0. The Hall–Kier alpha value is -2.38. The minimum atomic E-state index is -0.485. The second kappa shape index (κ2) is 5.19. The van der Waals surface area contributed by atoms with Gasteiger partial charge in [-0.25, -0.2) is 4.98 Å². The van der Waals surface area contributed by atoms with Gasteiger partial charge in [-0.15, -0.1) is 0 Å². The fourth-order valence-corrected chi connectivity index (χ4v) is 2.14. The van der Waals surface area contributed by atoms with Gasteiger partial charge in [0, 0.05) is 10.7 Å². The van der Waals surface area contributed by atoms with E-state index >= 15 is 0 Å². The smallest absolute Gasteiger partial charge is 0.260 e. The Morgan fingerprint density at radius 2 is 2.10 bits per heavy atom. The van der Waals surface area contributed by atoms with E-state index < -0.39 is 5.91 Å². The van der Waals surface area contributed by atoms with Gasteiger partial charge in [-0.1, -0.05) is 23.2 Å². The number of nitrogens with one attached hydrogen (secondary N) is 2. The zero-order valence-corrected chi connectivity index (χ0v) is 11.9. The number of nitrogens with two attached hydrogens (primary N) is 1. The third-order valence-electron chi connectivity index (χ3n) is 2.73. The summed E-state index contributed by atoms with van der Waals surface area (Å²) in [7, 11) is 0.